The molecule has 1 aliphatic heterocycles. The highest BCUT2D eigenvalue weighted by molar-refractivity contribution is 6.30. The first-order valence-corrected chi connectivity index (χ1v) is 12.5. The SMILES string of the molecule is Cc1nc2ccc(-c3ccc4c(c3)CN(c3ncnc(C)c3Cc3cc(F)cc(Cl)c3)CCO4)cc2[nH]1. The average Bonchev–Trinajstić information content (AvgIpc) is 3.10. The Bertz CT molecular complexity index is 1610. The number of imidazole rings is 1. The smallest absolute Gasteiger partial charge is 0.136 e. The minimum absolute atomic E-state index is 0.355. The number of fused-ring (bicyclic) bond motifs is 2. The Morgan fingerprint density at radius 3 is 2.73 bits per heavy atom. The molecule has 2 aromatic heterocycles. The molecule has 0 aliphatic carbocycles. The Hall–Kier alpha value is -3.97. The first-order valence-electron chi connectivity index (χ1n) is 12.2. The van der Waals surface area contributed by atoms with Crippen molar-refractivity contribution in [3.63, 3.8) is 0 Å². The highest BCUT2D eigenvalue weighted by atomic mass is 35.5. The first kappa shape index (κ1) is 23.4. The molecule has 0 unspecified atom stereocenters. The van der Waals surface area contributed by atoms with E-state index in [1.54, 1.807) is 12.4 Å². The number of halogens is 2. The van der Waals surface area contributed by atoms with Crippen molar-refractivity contribution < 1.29 is 9.13 Å². The first-order chi connectivity index (χ1) is 17.9. The van der Waals surface area contributed by atoms with Gasteiger partial charge >= 0.3 is 0 Å². The Morgan fingerprint density at radius 2 is 1.86 bits per heavy atom. The summed E-state index contributed by atoms with van der Waals surface area (Å²) in [5.74, 6) is 2.24. The van der Waals surface area contributed by atoms with Crippen molar-refractivity contribution in [3.8, 4) is 16.9 Å². The van der Waals surface area contributed by atoms with Gasteiger partial charge in [0.25, 0.3) is 0 Å². The molecule has 1 aliphatic rings. The highest BCUT2D eigenvalue weighted by Crippen LogP contribution is 2.33. The molecular formula is C29H25ClFN5O. The van der Waals surface area contributed by atoms with Crippen molar-refractivity contribution >= 4 is 28.5 Å². The molecule has 0 amide bonds. The number of nitrogens with zero attached hydrogens (tertiary/aromatic N) is 4. The summed E-state index contributed by atoms with van der Waals surface area (Å²) in [6, 6.07) is 17.2. The van der Waals surface area contributed by atoms with Gasteiger partial charge in [-0.15, -0.1) is 0 Å². The lowest BCUT2D eigenvalue weighted by atomic mass is 10.0. The van der Waals surface area contributed by atoms with Gasteiger partial charge in [-0.2, -0.15) is 0 Å². The molecule has 0 bridgehead atoms. The summed E-state index contributed by atoms with van der Waals surface area (Å²) >= 11 is 6.12. The number of nitrogens with one attached hydrogen (secondary N) is 1. The van der Waals surface area contributed by atoms with E-state index in [1.165, 1.54) is 12.1 Å². The lowest BCUT2D eigenvalue weighted by molar-refractivity contribution is 0.331. The zero-order valence-corrected chi connectivity index (χ0v) is 21.3. The summed E-state index contributed by atoms with van der Waals surface area (Å²) in [7, 11) is 0. The fourth-order valence-corrected chi connectivity index (χ4v) is 5.20. The zero-order valence-electron chi connectivity index (χ0n) is 20.6. The lowest BCUT2D eigenvalue weighted by Crippen LogP contribution is -2.28. The fourth-order valence-electron chi connectivity index (χ4n) is 4.96. The van der Waals surface area contributed by atoms with Crippen molar-refractivity contribution in [2.75, 3.05) is 18.1 Å². The highest BCUT2D eigenvalue weighted by Gasteiger charge is 2.22. The van der Waals surface area contributed by atoms with Crippen LogP contribution in [0.15, 0.2) is 60.9 Å². The summed E-state index contributed by atoms with van der Waals surface area (Å²) < 4.78 is 20.1. The molecule has 0 spiro atoms. The molecule has 37 heavy (non-hydrogen) atoms. The average molecular weight is 514 g/mol. The Morgan fingerprint density at radius 1 is 1.03 bits per heavy atom. The van der Waals surface area contributed by atoms with E-state index in [1.807, 2.05) is 26.0 Å². The molecule has 0 saturated carbocycles. The van der Waals surface area contributed by atoms with Crippen molar-refractivity contribution in [1.29, 1.82) is 0 Å². The maximum Gasteiger partial charge on any atom is 0.136 e. The molecule has 0 saturated heterocycles. The minimum atomic E-state index is -0.355. The second kappa shape index (κ2) is 9.48. The number of hydrogen-bond acceptors (Lipinski definition) is 5. The maximum absolute atomic E-state index is 14.0. The molecule has 6 rings (SSSR count). The van der Waals surface area contributed by atoms with Gasteiger partial charge in [0, 0.05) is 34.8 Å². The van der Waals surface area contributed by atoms with Crippen LogP contribution in [0.2, 0.25) is 5.02 Å². The van der Waals surface area contributed by atoms with Gasteiger partial charge in [-0.1, -0.05) is 23.7 Å². The van der Waals surface area contributed by atoms with E-state index >= 15 is 0 Å². The van der Waals surface area contributed by atoms with Crippen LogP contribution in [-0.2, 0) is 13.0 Å². The van der Waals surface area contributed by atoms with E-state index in [0.717, 1.165) is 61.9 Å². The molecule has 0 fully saturated rings. The number of anilines is 1. The second-order valence-electron chi connectivity index (χ2n) is 9.36. The van der Waals surface area contributed by atoms with Gasteiger partial charge in [-0.3, -0.25) is 0 Å². The van der Waals surface area contributed by atoms with Crippen molar-refractivity contribution in [3.05, 3.63) is 100.0 Å². The van der Waals surface area contributed by atoms with Gasteiger partial charge in [0.15, 0.2) is 0 Å². The molecule has 3 aromatic carbocycles. The predicted molar refractivity (Wildman–Crippen MR) is 144 cm³/mol. The summed E-state index contributed by atoms with van der Waals surface area (Å²) in [6.45, 7) is 5.73. The molecular weight excluding hydrogens is 489 g/mol. The molecule has 186 valence electrons. The maximum atomic E-state index is 14.0. The van der Waals surface area contributed by atoms with Crippen LogP contribution in [0.3, 0.4) is 0 Å². The van der Waals surface area contributed by atoms with Crippen molar-refractivity contribution in [1.82, 2.24) is 19.9 Å². The van der Waals surface area contributed by atoms with Crippen LogP contribution in [0, 0.1) is 19.7 Å². The number of benzene rings is 3. The number of hydrogen-bond donors (Lipinski definition) is 1. The lowest BCUT2D eigenvalue weighted by Gasteiger charge is -2.24. The van der Waals surface area contributed by atoms with Crippen molar-refractivity contribution in [2.24, 2.45) is 0 Å². The number of rotatable bonds is 4. The van der Waals surface area contributed by atoms with Crippen LogP contribution in [0.25, 0.3) is 22.2 Å². The quantitative estimate of drug-likeness (QED) is 0.300. The van der Waals surface area contributed by atoms with Gasteiger partial charge < -0.3 is 14.6 Å². The third-order valence-corrected chi connectivity index (χ3v) is 6.93. The van der Waals surface area contributed by atoms with Gasteiger partial charge in [0.1, 0.15) is 36.1 Å². The van der Waals surface area contributed by atoms with Gasteiger partial charge in [-0.25, -0.2) is 19.3 Å². The molecule has 1 N–H and O–H groups in total. The normalized spacial score (nSPS) is 13.4. The van der Waals surface area contributed by atoms with Crippen LogP contribution in [0.1, 0.15) is 28.2 Å². The van der Waals surface area contributed by atoms with Crippen LogP contribution in [0.4, 0.5) is 10.2 Å². The summed E-state index contributed by atoms with van der Waals surface area (Å²) in [5.41, 5.74) is 7.84. The molecule has 0 radical (unpaired) electrons. The van der Waals surface area contributed by atoms with Gasteiger partial charge in [-0.05, 0) is 73.0 Å². The Balaban J connectivity index is 1.35. The molecule has 3 heterocycles. The molecule has 6 nitrogen and oxygen atoms in total. The summed E-state index contributed by atoms with van der Waals surface area (Å²) in [4.78, 5) is 19.1. The Kier molecular flexibility index (Phi) is 6.00. The largest absolute Gasteiger partial charge is 0.491 e. The standard InChI is InChI=1S/C29H25ClFN5O/c1-17-25(11-19-9-23(30)14-24(31)10-19)29(33-16-32-17)36-7-8-37-28-6-4-20(12-22(28)15-36)21-3-5-26-27(13-21)35-18(2)34-26/h3-6,9-10,12-14,16H,7-8,11,15H2,1-2H3,(H,34,35). The minimum Gasteiger partial charge on any atom is -0.491 e. The predicted octanol–water partition coefficient (Wildman–Crippen LogP) is 6.42. The van der Waals surface area contributed by atoms with E-state index in [0.29, 0.717) is 31.1 Å². The summed E-state index contributed by atoms with van der Waals surface area (Å²) in [6.07, 6.45) is 2.06. The number of aryl methyl sites for hydroxylation is 2. The van der Waals surface area contributed by atoms with Crippen LogP contribution >= 0.6 is 11.6 Å². The van der Waals surface area contributed by atoms with Gasteiger partial charge in [0.05, 0.1) is 17.6 Å². The van der Waals surface area contributed by atoms with Gasteiger partial charge in [0.2, 0.25) is 0 Å². The number of H-pyrrole nitrogens is 1. The van der Waals surface area contributed by atoms with E-state index in [-0.39, 0.29) is 5.82 Å². The number of aromatic nitrogens is 4. The topological polar surface area (TPSA) is 66.9 Å². The van der Waals surface area contributed by atoms with Crippen LogP contribution < -0.4 is 9.64 Å². The second-order valence-corrected chi connectivity index (χ2v) is 9.80. The third kappa shape index (κ3) is 4.74. The molecule has 8 heteroatoms. The van der Waals surface area contributed by atoms with Crippen LogP contribution in [-0.4, -0.2) is 33.1 Å². The fraction of sp³-hybridized carbons (Fsp3) is 0.207. The Labute approximate surface area is 219 Å². The third-order valence-electron chi connectivity index (χ3n) is 6.71. The summed E-state index contributed by atoms with van der Waals surface area (Å²) in [5, 5.41) is 0.374. The molecule has 5 aromatic rings. The number of ether oxygens (including phenoxy) is 1. The van der Waals surface area contributed by atoms with E-state index in [4.69, 9.17) is 16.3 Å². The van der Waals surface area contributed by atoms with E-state index in [9.17, 15) is 4.39 Å². The zero-order chi connectivity index (χ0) is 25.5. The number of aromatic amines is 1. The van der Waals surface area contributed by atoms with Crippen LogP contribution in [0.5, 0.6) is 5.75 Å². The monoisotopic (exact) mass is 513 g/mol. The van der Waals surface area contributed by atoms with E-state index in [2.05, 4.69) is 49.1 Å². The van der Waals surface area contributed by atoms with Crippen molar-refractivity contribution in [2.45, 2.75) is 26.8 Å². The molecule has 0 atom stereocenters. The van der Waals surface area contributed by atoms with E-state index < -0.39 is 0 Å².